The number of nitrogen functional groups attached to an aromatic ring is 1. The fourth-order valence-corrected chi connectivity index (χ4v) is 4.56. The fraction of sp³-hybridized carbons (Fsp3) is 0.381. The number of aromatic nitrogens is 3. The number of fused-ring (bicyclic) bond motifs is 1. The van der Waals surface area contributed by atoms with Gasteiger partial charge in [-0.2, -0.15) is 0 Å². The molecule has 1 fully saturated rings. The predicted octanol–water partition coefficient (Wildman–Crippen LogP) is 4.10. The van der Waals surface area contributed by atoms with Crippen molar-refractivity contribution in [1.29, 1.82) is 0 Å². The highest BCUT2D eigenvalue weighted by Crippen LogP contribution is 2.46. The molecule has 31 heavy (non-hydrogen) atoms. The minimum Gasteiger partial charge on any atom is -0.495 e. The predicted molar refractivity (Wildman–Crippen MR) is 124 cm³/mol. The van der Waals surface area contributed by atoms with Crippen LogP contribution in [0.2, 0.25) is 10.0 Å². The van der Waals surface area contributed by atoms with Crippen LogP contribution in [0.3, 0.4) is 0 Å². The van der Waals surface area contributed by atoms with Gasteiger partial charge in [0.15, 0.2) is 5.82 Å². The van der Waals surface area contributed by atoms with E-state index < -0.39 is 0 Å². The summed E-state index contributed by atoms with van der Waals surface area (Å²) in [6.45, 7) is 1.82. The molecule has 1 aromatic carbocycles. The van der Waals surface area contributed by atoms with E-state index >= 15 is 0 Å². The summed E-state index contributed by atoms with van der Waals surface area (Å²) in [5.41, 5.74) is 7.55. The molecule has 2 aromatic heterocycles. The number of methoxy groups -OCH3 is 2. The lowest BCUT2D eigenvalue weighted by Gasteiger charge is -2.21. The number of halogens is 2. The molecule has 1 aliphatic heterocycles. The molecular formula is C21H24Cl2N6O2. The van der Waals surface area contributed by atoms with Gasteiger partial charge in [-0.1, -0.05) is 23.2 Å². The minimum absolute atomic E-state index is 0.183. The molecular weight excluding hydrogens is 439 g/mol. The Morgan fingerprint density at radius 2 is 1.87 bits per heavy atom. The Kier molecular flexibility index (Phi) is 6.22. The van der Waals surface area contributed by atoms with Crippen molar-refractivity contribution in [2.24, 2.45) is 0 Å². The van der Waals surface area contributed by atoms with Crippen molar-refractivity contribution in [2.45, 2.75) is 18.9 Å². The van der Waals surface area contributed by atoms with Gasteiger partial charge in [-0.15, -0.1) is 0 Å². The number of pyridine rings is 1. The zero-order chi connectivity index (χ0) is 22.1. The normalized spacial score (nSPS) is 16.6. The molecule has 164 valence electrons. The van der Waals surface area contributed by atoms with Crippen LogP contribution >= 0.6 is 23.2 Å². The van der Waals surface area contributed by atoms with E-state index in [9.17, 15) is 0 Å². The first-order valence-corrected chi connectivity index (χ1v) is 10.7. The highest BCUT2D eigenvalue weighted by molar-refractivity contribution is 6.41. The third kappa shape index (κ3) is 4.15. The van der Waals surface area contributed by atoms with Crippen LogP contribution in [-0.2, 0) is 0 Å². The van der Waals surface area contributed by atoms with E-state index in [1.165, 1.54) is 20.6 Å². The van der Waals surface area contributed by atoms with Crippen molar-refractivity contribution < 1.29 is 9.47 Å². The third-order valence-corrected chi connectivity index (χ3v) is 6.34. The Labute approximate surface area is 190 Å². The number of nitrogens with two attached hydrogens (primary N) is 1. The topological polar surface area (TPSA) is 98.4 Å². The molecule has 0 radical (unpaired) electrons. The van der Waals surface area contributed by atoms with Gasteiger partial charge in [0.2, 0.25) is 5.95 Å². The van der Waals surface area contributed by atoms with Crippen LogP contribution in [0.1, 0.15) is 12.8 Å². The third-order valence-electron chi connectivity index (χ3n) is 5.59. The summed E-state index contributed by atoms with van der Waals surface area (Å²) in [7, 11) is 5.20. The summed E-state index contributed by atoms with van der Waals surface area (Å²) in [5, 5.41) is 4.90. The van der Waals surface area contributed by atoms with Crippen molar-refractivity contribution in [3.8, 4) is 22.8 Å². The lowest BCUT2D eigenvalue weighted by atomic mass is 10.1. The standard InChI is InChI=1S/C21H24Cl2N6O2/c1-29-6-4-5-12(29)10-25-20-19-11(9-26-21(24)28-19)7-13(27-20)16-17(22)14(30-2)8-15(31-3)18(16)23/h7-9,12H,4-6,10H2,1-3H3,(H,25,27)(H2,24,26,28). The highest BCUT2D eigenvalue weighted by Gasteiger charge is 2.23. The van der Waals surface area contributed by atoms with Crippen molar-refractivity contribution in [1.82, 2.24) is 19.9 Å². The van der Waals surface area contributed by atoms with Gasteiger partial charge < -0.3 is 25.4 Å². The van der Waals surface area contributed by atoms with Gasteiger partial charge in [-0.05, 0) is 32.5 Å². The molecule has 8 nitrogen and oxygen atoms in total. The largest absolute Gasteiger partial charge is 0.495 e. The summed E-state index contributed by atoms with van der Waals surface area (Å²) in [4.78, 5) is 15.7. The number of likely N-dealkylation sites (tertiary alicyclic amines) is 1. The maximum absolute atomic E-state index is 6.62. The maximum Gasteiger partial charge on any atom is 0.220 e. The number of nitrogens with zero attached hydrogens (tertiary/aromatic N) is 4. The lowest BCUT2D eigenvalue weighted by molar-refractivity contribution is 0.322. The summed E-state index contributed by atoms with van der Waals surface area (Å²) in [6.07, 6.45) is 3.97. The maximum atomic E-state index is 6.62. The van der Waals surface area contributed by atoms with Gasteiger partial charge in [-0.25, -0.2) is 15.0 Å². The second-order valence-electron chi connectivity index (χ2n) is 7.46. The SMILES string of the molecule is COc1cc(OC)c(Cl)c(-c2cc3cnc(N)nc3c(NCC3CCCN3C)n2)c1Cl. The monoisotopic (exact) mass is 462 g/mol. The molecule has 4 rings (SSSR count). The summed E-state index contributed by atoms with van der Waals surface area (Å²) in [5.74, 6) is 1.66. The number of hydrogen-bond donors (Lipinski definition) is 2. The number of benzene rings is 1. The van der Waals surface area contributed by atoms with Gasteiger partial charge in [0.1, 0.15) is 17.0 Å². The van der Waals surface area contributed by atoms with E-state index in [4.69, 9.17) is 43.4 Å². The van der Waals surface area contributed by atoms with Gasteiger partial charge in [-0.3, -0.25) is 0 Å². The van der Waals surface area contributed by atoms with Crippen molar-refractivity contribution in [3.05, 3.63) is 28.4 Å². The van der Waals surface area contributed by atoms with Gasteiger partial charge in [0, 0.05) is 35.8 Å². The van der Waals surface area contributed by atoms with Crippen molar-refractivity contribution >= 4 is 45.9 Å². The number of rotatable bonds is 6. The minimum atomic E-state index is 0.183. The molecule has 0 spiro atoms. The molecule has 0 aliphatic carbocycles. The summed E-state index contributed by atoms with van der Waals surface area (Å²) in [6, 6.07) is 3.89. The van der Waals surface area contributed by atoms with Gasteiger partial charge in [0.25, 0.3) is 0 Å². The highest BCUT2D eigenvalue weighted by atomic mass is 35.5. The van der Waals surface area contributed by atoms with E-state index in [0.29, 0.717) is 50.2 Å². The van der Waals surface area contributed by atoms with Gasteiger partial charge >= 0.3 is 0 Å². The molecule has 1 unspecified atom stereocenters. The number of anilines is 2. The average molecular weight is 463 g/mol. The van der Waals surface area contributed by atoms with Crippen LogP contribution in [0.5, 0.6) is 11.5 Å². The number of likely N-dealkylation sites (N-methyl/N-ethyl adjacent to an activating group) is 1. The number of hydrogen-bond acceptors (Lipinski definition) is 8. The first kappa shape index (κ1) is 21.7. The van der Waals surface area contributed by atoms with Crippen molar-refractivity contribution in [3.63, 3.8) is 0 Å². The Balaban J connectivity index is 1.85. The van der Waals surface area contributed by atoms with E-state index in [1.807, 2.05) is 6.07 Å². The number of ether oxygens (including phenoxy) is 2. The fourth-order valence-electron chi connectivity index (χ4n) is 3.87. The van der Waals surface area contributed by atoms with Crippen LogP contribution in [0.15, 0.2) is 18.3 Å². The van der Waals surface area contributed by atoms with E-state index in [0.717, 1.165) is 24.9 Å². The molecule has 1 aliphatic rings. The lowest BCUT2D eigenvalue weighted by Crippen LogP contribution is -2.31. The molecule has 3 N–H and O–H groups in total. The van der Waals surface area contributed by atoms with E-state index in [-0.39, 0.29) is 5.95 Å². The van der Waals surface area contributed by atoms with E-state index in [2.05, 4.69) is 27.2 Å². The summed E-state index contributed by atoms with van der Waals surface area (Å²) < 4.78 is 10.8. The molecule has 3 heterocycles. The van der Waals surface area contributed by atoms with Crippen LogP contribution in [0.25, 0.3) is 22.2 Å². The zero-order valence-electron chi connectivity index (χ0n) is 17.6. The Morgan fingerprint density at radius 3 is 2.48 bits per heavy atom. The summed E-state index contributed by atoms with van der Waals surface area (Å²) >= 11 is 13.2. The first-order valence-electron chi connectivity index (χ1n) is 9.90. The molecule has 1 atom stereocenters. The van der Waals surface area contributed by atoms with Gasteiger partial charge in [0.05, 0.1) is 30.0 Å². The average Bonchev–Trinajstić information content (AvgIpc) is 3.17. The molecule has 0 bridgehead atoms. The van der Waals surface area contributed by atoms with Crippen LogP contribution in [-0.4, -0.2) is 60.3 Å². The Hall–Kier alpha value is -2.55. The Morgan fingerprint density at radius 1 is 1.16 bits per heavy atom. The second-order valence-corrected chi connectivity index (χ2v) is 8.22. The zero-order valence-corrected chi connectivity index (χ0v) is 19.1. The van der Waals surface area contributed by atoms with Crippen LogP contribution < -0.4 is 20.5 Å². The van der Waals surface area contributed by atoms with Crippen molar-refractivity contribution in [2.75, 3.05) is 45.4 Å². The molecule has 0 saturated carbocycles. The van der Waals surface area contributed by atoms with E-state index in [1.54, 1.807) is 12.3 Å². The first-order chi connectivity index (χ1) is 14.9. The Bertz CT molecular complexity index is 1100. The molecule has 1 saturated heterocycles. The molecule has 3 aromatic rings. The quantitative estimate of drug-likeness (QED) is 0.564. The smallest absolute Gasteiger partial charge is 0.220 e. The molecule has 0 amide bonds. The second kappa shape index (κ2) is 8.90. The van der Waals surface area contributed by atoms with Crippen LogP contribution in [0.4, 0.5) is 11.8 Å². The molecule has 10 heteroatoms. The van der Waals surface area contributed by atoms with Crippen LogP contribution in [0, 0.1) is 0 Å². The number of nitrogens with one attached hydrogen (secondary N) is 1.